The quantitative estimate of drug-likeness (QED) is 0.678. The highest BCUT2D eigenvalue weighted by atomic mass is 15.1. The first-order valence-corrected chi connectivity index (χ1v) is 9.30. The zero-order valence-electron chi connectivity index (χ0n) is 15.5. The maximum absolute atomic E-state index is 3.66. The summed E-state index contributed by atoms with van der Waals surface area (Å²) in [5.41, 5.74) is 0.511. The van der Waals surface area contributed by atoms with Crippen LogP contribution in [0.5, 0.6) is 0 Å². The van der Waals surface area contributed by atoms with Gasteiger partial charge in [-0.2, -0.15) is 0 Å². The molecule has 0 spiro atoms. The molecular formula is C19H40N2. The van der Waals surface area contributed by atoms with Gasteiger partial charge in [-0.15, -0.1) is 0 Å². The predicted octanol–water partition coefficient (Wildman–Crippen LogP) is 4.41. The van der Waals surface area contributed by atoms with E-state index in [0.717, 1.165) is 24.3 Å². The average Bonchev–Trinajstić information content (AvgIpc) is 2.34. The van der Waals surface area contributed by atoms with E-state index in [2.05, 4.69) is 51.8 Å². The van der Waals surface area contributed by atoms with Gasteiger partial charge in [0.05, 0.1) is 0 Å². The molecule has 1 aliphatic carbocycles. The molecule has 0 heterocycles. The highest BCUT2D eigenvalue weighted by molar-refractivity contribution is 4.90. The molecule has 1 rings (SSSR count). The number of hydrogen-bond acceptors (Lipinski definition) is 2. The van der Waals surface area contributed by atoms with Crippen LogP contribution in [0.3, 0.4) is 0 Å². The van der Waals surface area contributed by atoms with Crippen LogP contribution in [0.2, 0.25) is 0 Å². The summed E-state index contributed by atoms with van der Waals surface area (Å²) in [5, 5.41) is 3.66. The molecule has 1 saturated carbocycles. The summed E-state index contributed by atoms with van der Waals surface area (Å²) in [6, 6.07) is 0. The van der Waals surface area contributed by atoms with Crippen LogP contribution in [0.4, 0.5) is 0 Å². The molecule has 1 N–H and O–H groups in total. The number of nitrogens with zero attached hydrogens (tertiary/aromatic N) is 1. The van der Waals surface area contributed by atoms with Gasteiger partial charge in [0.1, 0.15) is 0 Å². The number of nitrogens with one attached hydrogen (secondary N) is 1. The van der Waals surface area contributed by atoms with E-state index >= 15 is 0 Å². The zero-order chi connectivity index (χ0) is 15.9. The number of rotatable bonds is 9. The molecule has 21 heavy (non-hydrogen) atoms. The van der Waals surface area contributed by atoms with Crippen LogP contribution in [0.25, 0.3) is 0 Å². The van der Waals surface area contributed by atoms with Crippen molar-refractivity contribution in [2.45, 2.75) is 67.2 Å². The molecule has 2 nitrogen and oxygen atoms in total. The van der Waals surface area contributed by atoms with Gasteiger partial charge in [-0.25, -0.2) is 0 Å². The molecule has 0 radical (unpaired) electrons. The van der Waals surface area contributed by atoms with Gasteiger partial charge < -0.3 is 10.2 Å². The van der Waals surface area contributed by atoms with Crippen LogP contribution in [0.15, 0.2) is 0 Å². The van der Waals surface area contributed by atoms with E-state index in [9.17, 15) is 0 Å². The molecule has 2 unspecified atom stereocenters. The van der Waals surface area contributed by atoms with Gasteiger partial charge >= 0.3 is 0 Å². The van der Waals surface area contributed by atoms with Gasteiger partial charge in [0.25, 0.3) is 0 Å². The molecule has 0 aromatic carbocycles. The van der Waals surface area contributed by atoms with E-state index in [-0.39, 0.29) is 0 Å². The summed E-state index contributed by atoms with van der Waals surface area (Å²) in [4.78, 5) is 2.75. The molecular weight excluding hydrogens is 256 g/mol. The first-order valence-electron chi connectivity index (χ1n) is 9.30. The summed E-state index contributed by atoms with van der Waals surface area (Å²) in [6.45, 7) is 20.2. The first-order chi connectivity index (χ1) is 9.87. The molecule has 0 saturated heterocycles. The fourth-order valence-corrected chi connectivity index (χ4v) is 4.23. The van der Waals surface area contributed by atoms with Crippen molar-refractivity contribution in [1.29, 1.82) is 0 Å². The van der Waals surface area contributed by atoms with E-state index in [1.165, 1.54) is 51.9 Å². The lowest BCUT2D eigenvalue weighted by atomic mass is 9.69. The van der Waals surface area contributed by atoms with E-state index in [4.69, 9.17) is 0 Å². The van der Waals surface area contributed by atoms with Crippen LogP contribution < -0.4 is 5.32 Å². The summed E-state index contributed by atoms with van der Waals surface area (Å²) < 4.78 is 0. The second-order valence-corrected chi connectivity index (χ2v) is 8.46. The highest BCUT2D eigenvalue weighted by Crippen LogP contribution is 2.39. The monoisotopic (exact) mass is 296 g/mol. The Bertz CT molecular complexity index is 265. The van der Waals surface area contributed by atoms with Crippen molar-refractivity contribution in [2.24, 2.45) is 23.2 Å². The second kappa shape index (κ2) is 9.15. The average molecular weight is 297 g/mol. The van der Waals surface area contributed by atoms with E-state index in [0.29, 0.717) is 5.41 Å². The topological polar surface area (TPSA) is 15.3 Å². The van der Waals surface area contributed by atoms with Crippen LogP contribution in [0, 0.1) is 23.2 Å². The molecule has 0 bridgehead atoms. The van der Waals surface area contributed by atoms with Gasteiger partial charge in [-0.3, -0.25) is 0 Å². The van der Waals surface area contributed by atoms with Crippen molar-refractivity contribution in [3.05, 3.63) is 0 Å². The van der Waals surface area contributed by atoms with Crippen molar-refractivity contribution in [2.75, 3.05) is 32.7 Å². The summed E-state index contributed by atoms with van der Waals surface area (Å²) in [5.74, 6) is 2.43. The van der Waals surface area contributed by atoms with Gasteiger partial charge in [-0.1, -0.05) is 54.4 Å². The Morgan fingerprint density at radius 2 is 1.76 bits per heavy atom. The van der Waals surface area contributed by atoms with Crippen LogP contribution in [0.1, 0.15) is 67.2 Å². The second-order valence-electron chi connectivity index (χ2n) is 8.46. The number of hydrogen-bond donors (Lipinski definition) is 1. The maximum Gasteiger partial charge on any atom is 0.00505 e. The molecule has 0 aromatic heterocycles. The Morgan fingerprint density at radius 3 is 2.24 bits per heavy atom. The van der Waals surface area contributed by atoms with E-state index in [1.54, 1.807) is 0 Å². The first kappa shape index (κ1) is 19.0. The Hall–Kier alpha value is -0.0800. The largest absolute Gasteiger partial charge is 0.316 e. The van der Waals surface area contributed by atoms with Gasteiger partial charge in [-0.05, 0) is 42.6 Å². The normalized spacial score (nSPS) is 27.0. The fourth-order valence-electron chi connectivity index (χ4n) is 4.23. The molecule has 1 aliphatic rings. The zero-order valence-corrected chi connectivity index (χ0v) is 15.5. The summed E-state index contributed by atoms with van der Waals surface area (Å²) in [7, 11) is 0. The van der Waals surface area contributed by atoms with Crippen molar-refractivity contribution >= 4 is 0 Å². The molecule has 2 heteroatoms. The van der Waals surface area contributed by atoms with Gasteiger partial charge in [0.15, 0.2) is 0 Å². The summed E-state index contributed by atoms with van der Waals surface area (Å²) >= 11 is 0. The highest BCUT2D eigenvalue weighted by Gasteiger charge is 2.36. The molecule has 0 aromatic rings. The lowest BCUT2D eigenvalue weighted by molar-refractivity contribution is 0.0686. The molecule has 0 amide bonds. The molecule has 1 fully saturated rings. The van der Waals surface area contributed by atoms with Gasteiger partial charge in [0, 0.05) is 26.2 Å². The fraction of sp³-hybridized carbons (Fsp3) is 1.00. The van der Waals surface area contributed by atoms with E-state index < -0.39 is 0 Å². The minimum atomic E-state index is 0.511. The van der Waals surface area contributed by atoms with Crippen molar-refractivity contribution < 1.29 is 0 Å². The smallest absolute Gasteiger partial charge is 0.00505 e. The van der Waals surface area contributed by atoms with Crippen LogP contribution in [-0.2, 0) is 0 Å². The Morgan fingerprint density at radius 1 is 1.14 bits per heavy atom. The molecule has 126 valence electrons. The lowest BCUT2D eigenvalue weighted by Crippen LogP contribution is -2.48. The minimum absolute atomic E-state index is 0.511. The third-order valence-electron chi connectivity index (χ3n) is 4.74. The maximum atomic E-state index is 3.66. The van der Waals surface area contributed by atoms with Crippen molar-refractivity contribution in [3.63, 3.8) is 0 Å². The Kier molecular flexibility index (Phi) is 8.26. The van der Waals surface area contributed by atoms with Gasteiger partial charge in [0.2, 0.25) is 0 Å². The minimum Gasteiger partial charge on any atom is -0.316 e. The third kappa shape index (κ3) is 7.15. The Balaban J connectivity index is 2.74. The molecule has 0 aliphatic heterocycles. The Labute approximate surface area is 134 Å². The SMILES string of the molecule is CCNCC1(CN(CC(C)C)CC(C)C)CCCC(C)C1. The predicted molar refractivity (Wildman–Crippen MR) is 94.7 cm³/mol. The van der Waals surface area contributed by atoms with Crippen molar-refractivity contribution in [3.8, 4) is 0 Å². The van der Waals surface area contributed by atoms with Crippen LogP contribution >= 0.6 is 0 Å². The summed E-state index contributed by atoms with van der Waals surface area (Å²) in [6.07, 6.45) is 5.68. The van der Waals surface area contributed by atoms with Crippen LogP contribution in [-0.4, -0.2) is 37.6 Å². The molecule has 2 atom stereocenters. The standard InChI is InChI=1S/C19H40N2/c1-7-20-14-19(10-8-9-18(6)11-19)15-21(12-16(2)3)13-17(4)5/h16-18,20H,7-15H2,1-6H3. The lowest BCUT2D eigenvalue weighted by Gasteiger charge is -2.44. The van der Waals surface area contributed by atoms with E-state index in [1.807, 2.05) is 0 Å². The third-order valence-corrected chi connectivity index (χ3v) is 4.74. The van der Waals surface area contributed by atoms with Crippen molar-refractivity contribution in [1.82, 2.24) is 10.2 Å².